The third kappa shape index (κ3) is 4.53. The Morgan fingerprint density at radius 1 is 1.00 bits per heavy atom. The summed E-state index contributed by atoms with van der Waals surface area (Å²) in [6, 6.07) is 7.19. The van der Waals surface area contributed by atoms with Gasteiger partial charge in [-0.1, -0.05) is 17.7 Å². The minimum Gasteiger partial charge on any atom is -0.419 e. The SMILES string of the molecule is CC(c1nnc(-c2cccc(Cl)c2)o1)N1CCN(S(=O)(=O)N2CCN(C)CC2)CC1. The minimum atomic E-state index is -3.41. The first kappa shape index (κ1) is 21.7. The third-order valence-electron chi connectivity index (χ3n) is 5.81. The zero-order chi connectivity index (χ0) is 21.3. The molecule has 2 aliphatic rings. The molecule has 2 aromatic rings. The normalized spacial score (nSPS) is 21.7. The van der Waals surface area contributed by atoms with Crippen LogP contribution in [0.2, 0.25) is 5.02 Å². The van der Waals surface area contributed by atoms with Crippen molar-refractivity contribution in [3.63, 3.8) is 0 Å². The lowest BCUT2D eigenvalue weighted by Crippen LogP contribution is -2.56. The van der Waals surface area contributed by atoms with Crippen LogP contribution in [-0.2, 0) is 10.2 Å². The number of nitrogens with zero attached hydrogens (tertiary/aromatic N) is 6. The summed E-state index contributed by atoms with van der Waals surface area (Å²) in [6.07, 6.45) is 0. The lowest BCUT2D eigenvalue weighted by molar-refractivity contribution is 0.123. The van der Waals surface area contributed by atoms with Crippen molar-refractivity contribution in [3.8, 4) is 11.5 Å². The number of halogens is 1. The molecule has 0 radical (unpaired) electrons. The van der Waals surface area contributed by atoms with Gasteiger partial charge in [-0.3, -0.25) is 4.90 Å². The van der Waals surface area contributed by atoms with Crippen LogP contribution < -0.4 is 0 Å². The summed E-state index contributed by atoms with van der Waals surface area (Å²) in [4.78, 5) is 4.32. The van der Waals surface area contributed by atoms with Gasteiger partial charge in [-0.25, -0.2) is 0 Å². The van der Waals surface area contributed by atoms with E-state index in [0.29, 0.717) is 56.1 Å². The van der Waals surface area contributed by atoms with Crippen LogP contribution in [0.5, 0.6) is 0 Å². The molecule has 2 saturated heterocycles. The summed E-state index contributed by atoms with van der Waals surface area (Å²) in [6.45, 7) is 6.76. The molecule has 1 aromatic carbocycles. The van der Waals surface area contributed by atoms with Gasteiger partial charge in [0.1, 0.15) is 0 Å². The molecule has 11 heteroatoms. The zero-order valence-corrected chi connectivity index (χ0v) is 18.8. The van der Waals surface area contributed by atoms with Crippen molar-refractivity contribution >= 4 is 21.8 Å². The van der Waals surface area contributed by atoms with Gasteiger partial charge in [0, 0.05) is 62.9 Å². The van der Waals surface area contributed by atoms with E-state index in [0.717, 1.165) is 18.7 Å². The van der Waals surface area contributed by atoms with E-state index >= 15 is 0 Å². The molecule has 3 heterocycles. The Kier molecular flexibility index (Phi) is 6.42. The second-order valence-corrected chi connectivity index (χ2v) is 10.1. The number of likely N-dealkylation sites (N-methyl/N-ethyl adjacent to an activating group) is 1. The van der Waals surface area contributed by atoms with Crippen LogP contribution in [0.25, 0.3) is 11.5 Å². The smallest absolute Gasteiger partial charge is 0.282 e. The quantitative estimate of drug-likeness (QED) is 0.677. The first-order chi connectivity index (χ1) is 14.3. The van der Waals surface area contributed by atoms with E-state index in [4.69, 9.17) is 16.0 Å². The van der Waals surface area contributed by atoms with Gasteiger partial charge in [-0.2, -0.15) is 17.0 Å². The highest BCUT2D eigenvalue weighted by Crippen LogP contribution is 2.27. The van der Waals surface area contributed by atoms with Gasteiger partial charge in [0.05, 0.1) is 6.04 Å². The Bertz CT molecular complexity index is 968. The van der Waals surface area contributed by atoms with Crippen LogP contribution in [0.4, 0.5) is 0 Å². The molecule has 1 aromatic heterocycles. The standard InChI is InChI=1S/C19H27ClN6O3S/c1-15(18-21-22-19(29-18)16-4-3-5-17(20)14-16)24-8-12-26(13-9-24)30(27,28)25-10-6-23(2)7-11-25/h3-5,14-15H,6-13H2,1-2H3. The Labute approximate surface area is 182 Å². The highest BCUT2D eigenvalue weighted by Gasteiger charge is 2.35. The van der Waals surface area contributed by atoms with Crippen molar-refractivity contribution in [3.05, 3.63) is 35.2 Å². The van der Waals surface area contributed by atoms with Gasteiger partial charge in [-0.05, 0) is 32.2 Å². The van der Waals surface area contributed by atoms with Crippen molar-refractivity contribution in [2.75, 3.05) is 59.4 Å². The van der Waals surface area contributed by atoms with Crippen molar-refractivity contribution < 1.29 is 12.8 Å². The number of piperazine rings is 2. The molecule has 0 amide bonds. The van der Waals surface area contributed by atoms with Crippen molar-refractivity contribution in [2.45, 2.75) is 13.0 Å². The molecule has 0 bridgehead atoms. The molecule has 0 spiro atoms. The van der Waals surface area contributed by atoms with Crippen molar-refractivity contribution in [1.29, 1.82) is 0 Å². The molecular formula is C19H27ClN6O3S. The summed E-state index contributed by atoms with van der Waals surface area (Å²) in [5.74, 6) is 0.941. The van der Waals surface area contributed by atoms with Gasteiger partial charge >= 0.3 is 0 Å². The average molecular weight is 455 g/mol. The number of hydrogen-bond acceptors (Lipinski definition) is 7. The molecule has 30 heavy (non-hydrogen) atoms. The number of aromatic nitrogens is 2. The van der Waals surface area contributed by atoms with E-state index in [9.17, 15) is 8.42 Å². The van der Waals surface area contributed by atoms with E-state index in [-0.39, 0.29) is 6.04 Å². The van der Waals surface area contributed by atoms with E-state index in [1.165, 1.54) is 0 Å². The molecule has 164 valence electrons. The molecule has 2 aliphatic heterocycles. The molecule has 1 unspecified atom stereocenters. The van der Waals surface area contributed by atoms with E-state index in [1.54, 1.807) is 20.7 Å². The van der Waals surface area contributed by atoms with Gasteiger partial charge in [0.2, 0.25) is 11.8 Å². The monoisotopic (exact) mass is 454 g/mol. The summed E-state index contributed by atoms with van der Waals surface area (Å²) >= 11 is 6.04. The van der Waals surface area contributed by atoms with Crippen LogP contribution in [0, 0.1) is 0 Å². The Balaban J connectivity index is 1.37. The van der Waals surface area contributed by atoms with Crippen molar-refractivity contribution in [2.24, 2.45) is 0 Å². The molecule has 1 atom stereocenters. The zero-order valence-electron chi connectivity index (χ0n) is 17.2. The van der Waals surface area contributed by atoms with Gasteiger partial charge in [-0.15, -0.1) is 10.2 Å². The molecule has 0 N–H and O–H groups in total. The predicted octanol–water partition coefficient (Wildman–Crippen LogP) is 1.56. The second kappa shape index (κ2) is 8.89. The largest absolute Gasteiger partial charge is 0.419 e. The van der Waals surface area contributed by atoms with Crippen LogP contribution in [0.1, 0.15) is 18.9 Å². The molecule has 2 fully saturated rings. The molecular weight excluding hydrogens is 428 g/mol. The maximum atomic E-state index is 12.9. The fourth-order valence-electron chi connectivity index (χ4n) is 3.80. The summed E-state index contributed by atoms with van der Waals surface area (Å²) < 4.78 is 34.9. The van der Waals surface area contributed by atoms with E-state index < -0.39 is 10.2 Å². The third-order valence-corrected chi connectivity index (χ3v) is 8.08. The number of benzene rings is 1. The first-order valence-corrected chi connectivity index (χ1v) is 11.9. The van der Waals surface area contributed by atoms with Gasteiger partial charge in [0.25, 0.3) is 10.2 Å². The van der Waals surface area contributed by atoms with E-state index in [1.807, 2.05) is 26.1 Å². The minimum absolute atomic E-state index is 0.0982. The average Bonchev–Trinajstić information content (AvgIpc) is 3.24. The number of rotatable bonds is 5. The summed E-state index contributed by atoms with van der Waals surface area (Å²) in [5, 5.41) is 8.95. The Morgan fingerprint density at radius 2 is 1.63 bits per heavy atom. The first-order valence-electron chi connectivity index (χ1n) is 10.1. The number of hydrogen-bond donors (Lipinski definition) is 0. The fraction of sp³-hybridized carbons (Fsp3) is 0.579. The lowest BCUT2D eigenvalue weighted by Gasteiger charge is -2.40. The second-order valence-electron chi connectivity index (χ2n) is 7.78. The Morgan fingerprint density at radius 3 is 2.27 bits per heavy atom. The van der Waals surface area contributed by atoms with Crippen molar-refractivity contribution in [1.82, 2.24) is 28.6 Å². The maximum Gasteiger partial charge on any atom is 0.282 e. The Hall–Kier alpha value is -1.56. The topological polar surface area (TPSA) is 86.0 Å². The molecule has 0 aliphatic carbocycles. The maximum absolute atomic E-state index is 12.9. The molecule has 4 rings (SSSR count). The van der Waals surface area contributed by atoms with Gasteiger partial charge in [0.15, 0.2) is 0 Å². The van der Waals surface area contributed by atoms with E-state index in [2.05, 4.69) is 20.0 Å². The van der Waals surface area contributed by atoms with Crippen LogP contribution in [0.15, 0.2) is 28.7 Å². The highest BCUT2D eigenvalue weighted by atomic mass is 35.5. The van der Waals surface area contributed by atoms with Gasteiger partial charge < -0.3 is 9.32 Å². The molecule has 9 nitrogen and oxygen atoms in total. The highest BCUT2D eigenvalue weighted by molar-refractivity contribution is 7.86. The van der Waals surface area contributed by atoms with Crippen LogP contribution >= 0.6 is 11.6 Å². The van der Waals surface area contributed by atoms with Crippen LogP contribution in [-0.4, -0.2) is 96.4 Å². The lowest BCUT2D eigenvalue weighted by atomic mass is 10.2. The molecule has 0 saturated carbocycles. The summed E-state index contributed by atoms with van der Waals surface area (Å²) in [5.41, 5.74) is 0.775. The van der Waals surface area contributed by atoms with Crippen LogP contribution in [0.3, 0.4) is 0 Å². The predicted molar refractivity (Wildman–Crippen MR) is 114 cm³/mol. The fourth-order valence-corrected chi connectivity index (χ4v) is 5.57. The summed E-state index contributed by atoms with van der Waals surface area (Å²) in [7, 11) is -1.40.